The molecule has 2 N–H and O–H groups in total. The zero-order valence-corrected chi connectivity index (χ0v) is 8.33. The first-order valence-corrected chi connectivity index (χ1v) is 0. The summed E-state index contributed by atoms with van der Waals surface area (Å²) in [5.74, 6) is 0. The molecule has 0 aromatic heterocycles. The minimum absolute atomic E-state index is 0. The minimum Gasteiger partial charge on any atom is -0.412 e. The molecule has 1 nitrogen and oxygen atoms in total. The molecule has 0 aromatic rings. The molecular weight excluding hydrogens is 206 g/mol. The summed E-state index contributed by atoms with van der Waals surface area (Å²) in [5, 5.41) is 0. The summed E-state index contributed by atoms with van der Waals surface area (Å²) in [7, 11) is 0. The largest absolute Gasteiger partial charge is 0.412 e. The minimum atomic E-state index is 0. The molecule has 0 rings (SSSR count). The van der Waals surface area contributed by atoms with Crippen LogP contribution in [0.4, 0.5) is 0 Å². The van der Waals surface area contributed by atoms with Crippen LogP contribution in [0.1, 0.15) is 0 Å². The van der Waals surface area contributed by atoms with Gasteiger partial charge in [0.2, 0.25) is 0 Å². The van der Waals surface area contributed by atoms with Gasteiger partial charge in [0.25, 0.3) is 0 Å². The van der Waals surface area contributed by atoms with Crippen molar-refractivity contribution in [2.24, 2.45) is 0 Å². The Morgan fingerprint density at radius 1 is 0.750 bits per heavy atom. The number of hydrogen-bond acceptors (Lipinski definition) is 0. The Kier molecular flexibility index (Phi) is 167. The van der Waals surface area contributed by atoms with Gasteiger partial charge in [-0.1, -0.05) is 0 Å². The Bertz CT molecular complexity index is 6.00. The maximum Gasteiger partial charge on any atom is 0 e. The van der Waals surface area contributed by atoms with Gasteiger partial charge in [-0.2, -0.15) is 0 Å². The van der Waals surface area contributed by atoms with E-state index in [1.54, 1.807) is 0 Å². The first kappa shape index (κ1) is 35.1. The van der Waals surface area contributed by atoms with Crippen molar-refractivity contribution in [1.82, 2.24) is 0 Å². The van der Waals surface area contributed by atoms with Gasteiger partial charge in [-0.25, -0.2) is 0 Å². The van der Waals surface area contributed by atoms with Crippen LogP contribution >= 0.6 is 0 Å². The molecule has 2 radical (unpaired) electrons. The second kappa shape index (κ2) is 19.1. The Hall–Kier alpha value is 2.17. The van der Waals surface area contributed by atoms with Gasteiger partial charge >= 0.3 is 0 Å². The van der Waals surface area contributed by atoms with E-state index in [-0.39, 0.29) is 78.3 Å². The molecule has 0 fully saturated rings. The van der Waals surface area contributed by atoms with Crippen LogP contribution in [0.15, 0.2) is 0 Å². The average molecular weight is 211 g/mol. The van der Waals surface area contributed by atoms with Crippen LogP contribution in [-0.4, -0.2) is 5.48 Å². The monoisotopic (exact) mass is 211 g/mol. The fourth-order valence-electron chi connectivity index (χ4n) is 0. The SMILES string of the molecule is O.[CH3-].[Y].[Y]. The topological polar surface area (TPSA) is 31.5 Å². The van der Waals surface area contributed by atoms with E-state index in [4.69, 9.17) is 0 Å². The van der Waals surface area contributed by atoms with Crippen molar-refractivity contribution in [3.05, 3.63) is 7.43 Å². The fraction of sp³-hybridized carbons (Fsp3) is 0. The van der Waals surface area contributed by atoms with Crippen LogP contribution in [0.3, 0.4) is 0 Å². The van der Waals surface area contributed by atoms with Crippen molar-refractivity contribution in [2.75, 3.05) is 0 Å². The Morgan fingerprint density at radius 2 is 0.750 bits per heavy atom. The smallest absolute Gasteiger partial charge is 0 e. The molecule has 0 heterocycles. The van der Waals surface area contributed by atoms with E-state index in [0.29, 0.717) is 0 Å². The third kappa shape index (κ3) is 8.90. The van der Waals surface area contributed by atoms with Gasteiger partial charge < -0.3 is 12.9 Å². The molecule has 22 valence electrons. The summed E-state index contributed by atoms with van der Waals surface area (Å²) in [6, 6.07) is 0. The standard InChI is InChI=1S/CH3.H2O.2Y/h1H3;1H2;;/q-1;;;. The van der Waals surface area contributed by atoms with Crippen LogP contribution in [-0.2, 0) is 65.4 Å². The van der Waals surface area contributed by atoms with Gasteiger partial charge in [-0.15, -0.1) is 0 Å². The van der Waals surface area contributed by atoms with Crippen molar-refractivity contribution in [1.29, 1.82) is 0 Å². The van der Waals surface area contributed by atoms with Gasteiger partial charge in [0.05, 0.1) is 0 Å². The number of rotatable bonds is 0. The predicted octanol–water partition coefficient (Wildman–Crippen LogP) is -0.379. The van der Waals surface area contributed by atoms with Crippen molar-refractivity contribution >= 4 is 0 Å². The average Bonchev–Trinajstić information content (AvgIpc) is 0. The summed E-state index contributed by atoms with van der Waals surface area (Å²) >= 11 is 0. The van der Waals surface area contributed by atoms with Crippen LogP contribution in [0.5, 0.6) is 0 Å². The van der Waals surface area contributed by atoms with Gasteiger partial charge in [-0.05, 0) is 0 Å². The molecule has 0 aliphatic rings. The van der Waals surface area contributed by atoms with Crippen LogP contribution in [0, 0.1) is 7.43 Å². The second-order valence-corrected chi connectivity index (χ2v) is 0. The molecule has 0 aliphatic carbocycles. The molecule has 4 heavy (non-hydrogen) atoms. The molecule has 0 aromatic carbocycles. The molecule has 0 unspecified atom stereocenters. The van der Waals surface area contributed by atoms with Crippen molar-refractivity contribution in [3.63, 3.8) is 0 Å². The summed E-state index contributed by atoms with van der Waals surface area (Å²) < 4.78 is 0. The third-order valence-electron chi connectivity index (χ3n) is 0. The third-order valence-corrected chi connectivity index (χ3v) is 0. The maximum absolute atomic E-state index is 0. The summed E-state index contributed by atoms with van der Waals surface area (Å²) in [6.07, 6.45) is 0. The van der Waals surface area contributed by atoms with E-state index in [9.17, 15) is 0 Å². The number of hydrogen-bond donors (Lipinski definition) is 0. The van der Waals surface area contributed by atoms with E-state index in [0.717, 1.165) is 0 Å². The van der Waals surface area contributed by atoms with E-state index in [1.165, 1.54) is 0 Å². The van der Waals surface area contributed by atoms with Gasteiger partial charge in [0, 0.05) is 65.4 Å². The summed E-state index contributed by atoms with van der Waals surface area (Å²) in [4.78, 5) is 0. The van der Waals surface area contributed by atoms with Crippen LogP contribution in [0.25, 0.3) is 0 Å². The molecule has 3 heteroatoms. The molecule has 0 atom stereocenters. The van der Waals surface area contributed by atoms with Crippen molar-refractivity contribution in [3.8, 4) is 0 Å². The molecule has 0 amide bonds. The van der Waals surface area contributed by atoms with E-state index >= 15 is 0 Å². The van der Waals surface area contributed by atoms with Gasteiger partial charge in [-0.3, -0.25) is 0 Å². The van der Waals surface area contributed by atoms with Crippen LogP contribution in [0.2, 0.25) is 0 Å². The zero-order chi connectivity index (χ0) is 0. The van der Waals surface area contributed by atoms with E-state index in [2.05, 4.69) is 0 Å². The van der Waals surface area contributed by atoms with E-state index < -0.39 is 0 Å². The maximum atomic E-state index is 0. The van der Waals surface area contributed by atoms with Gasteiger partial charge in [0.1, 0.15) is 0 Å². The summed E-state index contributed by atoms with van der Waals surface area (Å²) in [6.45, 7) is 0. The first-order valence-electron chi connectivity index (χ1n) is 0. The summed E-state index contributed by atoms with van der Waals surface area (Å²) in [5.41, 5.74) is 0. The molecule has 0 spiro atoms. The molecule has 0 saturated heterocycles. The Morgan fingerprint density at radius 3 is 0.750 bits per heavy atom. The predicted molar refractivity (Wildman–Crippen MR) is 10.0 cm³/mol. The second-order valence-electron chi connectivity index (χ2n) is 0. The Balaban J connectivity index is 0. The van der Waals surface area contributed by atoms with Gasteiger partial charge in [0.15, 0.2) is 0 Å². The molecule has 0 aliphatic heterocycles. The van der Waals surface area contributed by atoms with Crippen molar-refractivity contribution in [2.45, 2.75) is 0 Å². The van der Waals surface area contributed by atoms with Crippen molar-refractivity contribution < 1.29 is 70.9 Å². The van der Waals surface area contributed by atoms with Crippen LogP contribution < -0.4 is 0 Å². The first-order chi connectivity index (χ1) is 0. The molecular formula is CH5OY2-. The van der Waals surface area contributed by atoms with E-state index in [1.807, 2.05) is 0 Å². The quantitative estimate of drug-likeness (QED) is 0.489. The fourth-order valence-corrected chi connectivity index (χ4v) is 0. The normalized spacial score (nSPS) is 0. The zero-order valence-electron chi connectivity index (χ0n) is 2.65. The molecule has 0 bridgehead atoms. The molecule has 0 saturated carbocycles. The Labute approximate surface area is 77.0 Å².